The summed E-state index contributed by atoms with van der Waals surface area (Å²) in [5.74, 6) is 1.02. The third-order valence-electron chi connectivity index (χ3n) is 5.49. The number of nitrogens with one attached hydrogen (secondary N) is 1. The molecule has 4 nitrogen and oxygen atoms in total. The van der Waals surface area contributed by atoms with Crippen molar-refractivity contribution in [3.63, 3.8) is 0 Å². The number of hydrogen-bond acceptors (Lipinski definition) is 3. The number of benzene rings is 2. The molecule has 0 bridgehead atoms. The molecule has 1 atom stereocenters. The first-order chi connectivity index (χ1) is 14.0. The van der Waals surface area contributed by atoms with E-state index in [0.717, 1.165) is 40.6 Å². The molecule has 2 aromatic carbocycles. The Morgan fingerprint density at radius 1 is 1.14 bits per heavy atom. The fourth-order valence-corrected chi connectivity index (χ4v) is 4.14. The van der Waals surface area contributed by atoms with Crippen LogP contribution in [0.25, 0.3) is 0 Å². The normalized spacial score (nSPS) is 15.5. The van der Waals surface area contributed by atoms with Crippen LogP contribution in [0.4, 0.5) is 0 Å². The lowest BCUT2D eigenvalue weighted by Gasteiger charge is -2.29. The Hall–Kier alpha value is -2.04. The molecule has 1 N–H and O–H groups in total. The van der Waals surface area contributed by atoms with Crippen LogP contribution in [-0.2, 0) is 4.79 Å². The van der Waals surface area contributed by atoms with Crippen molar-refractivity contribution in [3.05, 3.63) is 64.2 Å². The molecule has 1 heterocycles. The molecule has 1 saturated heterocycles. The zero-order valence-electron chi connectivity index (χ0n) is 17.6. The summed E-state index contributed by atoms with van der Waals surface area (Å²) in [7, 11) is 0. The number of likely N-dealkylation sites (tertiary alicyclic amines) is 1. The van der Waals surface area contributed by atoms with Gasteiger partial charge in [0.15, 0.2) is 6.61 Å². The maximum Gasteiger partial charge on any atom is 0.258 e. The Balaban J connectivity index is 1.62. The van der Waals surface area contributed by atoms with E-state index >= 15 is 0 Å². The molecule has 0 saturated carbocycles. The largest absolute Gasteiger partial charge is 0.483 e. The number of ether oxygens (including phenoxy) is 1. The smallest absolute Gasteiger partial charge is 0.258 e. The lowest BCUT2D eigenvalue weighted by atomic mass is 10.0. The van der Waals surface area contributed by atoms with Crippen LogP contribution in [0, 0.1) is 6.92 Å². The first kappa shape index (κ1) is 21.7. The Morgan fingerprint density at radius 2 is 1.86 bits per heavy atom. The number of hydrogen-bond donors (Lipinski definition) is 1. The summed E-state index contributed by atoms with van der Waals surface area (Å²) in [6, 6.07) is 14.1. The molecule has 0 unspecified atom stereocenters. The summed E-state index contributed by atoms with van der Waals surface area (Å²) in [5, 5.41) is 3.80. The third kappa shape index (κ3) is 5.74. The van der Waals surface area contributed by atoms with Gasteiger partial charge in [-0.05, 0) is 67.6 Å². The molecule has 0 aromatic heterocycles. The molecule has 2 aromatic rings. The summed E-state index contributed by atoms with van der Waals surface area (Å²) in [4.78, 5) is 14.9. The molecule has 5 heteroatoms. The van der Waals surface area contributed by atoms with Crippen molar-refractivity contribution in [1.29, 1.82) is 0 Å². The first-order valence-corrected chi connectivity index (χ1v) is 10.8. The summed E-state index contributed by atoms with van der Waals surface area (Å²) in [6.07, 6.45) is 2.37. The molecule has 1 amide bonds. The van der Waals surface area contributed by atoms with Gasteiger partial charge in [-0.3, -0.25) is 9.69 Å². The van der Waals surface area contributed by atoms with Crippen LogP contribution in [-0.4, -0.2) is 37.0 Å². The predicted molar refractivity (Wildman–Crippen MR) is 119 cm³/mol. The van der Waals surface area contributed by atoms with Crippen LogP contribution in [0.5, 0.6) is 5.75 Å². The van der Waals surface area contributed by atoms with Gasteiger partial charge in [0.1, 0.15) is 5.75 Å². The number of halogens is 1. The highest BCUT2D eigenvalue weighted by Crippen LogP contribution is 2.30. The van der Waals surface area contributed by atoms with Gasteiger partial charge in [0.25, 0.3) is 5.91 Å². The van der Waals surface area contributed by atoms with Gasteiger partial charge in [0.2, 0.25) is 0 Å². The van der Waals surface area contributed by atoms with E-state index in [-0.39, 0.29) is 18.6 Å². The van der Waals surface area contributed by atoms with Crippen molar-refractivity contribution >= 4 is 17.5 Å². The number of carbonyl (C=O) groups is 1. The minimum Gasteiger partial charge on any atom is -0.483 e. The quantitative estimate of drug-likeness (QED) is 0.653. The zero-order valence-corrected chi connectivity index (χ0v) is 18.3. The molecule has 3 rings (SSSR count). The maximum absolute atomic E-state index is 12.5. The Bertz CT molecular complexity index is 831. The average molecular weight is 415 g/mol. The Labute approximate surface area is 179 Å². The predicted octanol–water partition coefficient (Wildman–Crippen LogP) is 5.10. The fourth-order valence-electron chi connectivity index (χ4n) is 3.88. The molecule has 156 valence electrons. The van der Waals surface area contributed by atoms with E-state index in [1.807, 2.05) is 31.2 Å². The fraction of sp³-hybridized carbons (Fsp3) is 0.458. The van der Waals surface area contributed by atoms with Gasteiger partial charge in [-0.2, -0.15) is 0 Å². The van der Waals surface area contributed by atoms with E-state index in [4.69, 9.17) is 16.3 Å². The van der Waals surface area contributed by atoms with Gasteiger partial charge < -0.3 is 10.1 Å². The monoisotopic (exact) mass is 414 g/mol. The number of carbonyl (C=O) groups excluding carboxylic acids is 1. The van der Waals surface area contributed by atoms with Crippen LogP contribution in [0.1, 0.15) is 55.3 Å². The molecular weight excluding hydrogens is 384 g/mol. The highest BCUT2D eigenvalue weighted by atomic mass is 35.5. The average Bonchev–Trinajstić information content (AvgIpc) is 3.22. The minimum absolute atomic E-state index is 0.0123. The van der Waals surface area contributed by atoms with E-state index in [0.29, 0.717) is 12.5 Å². The Morgan fingerprint density at radius 3 is 2.55 bits per heavy atom. The van der Waals surface area contributed by atoms with Gasteiger partial charge in [0, 0.05) is 11.6 Å². The number of nitrogens with zero attached hydrogens (tertiary/aromatic N) is 1. The second kappa shape index (κ2) is 10.1. The van der Waals surface area contributed by atoms with Gasteiger partial charge in [-0.25, -0.2) is 0 Å². The molecule has 0 radical (unpaired) electrons. The third-order valence-corrected chi connectivity index (χ3v) is 5.83. The SMILES string of the molecule is Cc1ccc(C(C)C)c(OCC(=O)NC[C@@H](c2ccccc2Cl)N2CCCC2)c1. The van der Waals surface area contributed by atoms with Crippen molar-refractivity contribution in [2.24, 2.45) is 0 Å². The van der Waals surface area contributed by atoms with Crippen molar-refractivity contribution in [2.75, 3.05) is 26.2 Å². The lowest BCUT2D eigenvalue weighted by Crippen LogP contribution is -2.38. The molecule has 1 fully saturated rings. The molecule has 0 spiro atoms. The van der Waals surface area contributed by atoms with E-state index in [1.54, 1.807) is 0 Å². The van der Waals surface area contributed by atoms with Crippen molar-refractivity contribution in [3.8, 4) is 5.75 Å². The number of amides is 1. The van der Waals surface area contributed by atoms with Gasteiger partial charge in [-0.15, -0.1) is 0 Å². The van der Waals surface area contributed by atoms with Crippen molar-refractivity contribution in [2.45, 2.75) is 45.6 Å². The molecular formula is C24H31ClN2O2. The standard InChI is InChI=1S/C24H31ClN2O2/c1-17(2)19-11-10-18(3)14-23(19)29-16-24(28)26-15-22(27-12-6-7-13-27)20-8-4-5-9-21(20)25/h4-5,8-11,14,17,22H,6-7,12-13,15-16H2,1-3H3,(H,26,28)/t22-/m0/s1. The summed E-state index contributed by atoms with van der Waals surface area (Å²) in [6.45, 7) is 8.88. The van der Waals surface area contributed by atoms with Crippen LogP contribution in [0.3, 0.4) is 0 Å². The van der Waals surface area contributed by atoms with E-state index in [9.17, 15) is 4.79 Å². The summed E-state index contributed by atoms with van der Waals surface area (Å²) in [5.41, 5.74) is 3.31. The van der Waals surface area contributed by atoms with Crippen LogP contribution in [0.15, 0.2) is 42.5 Å². The topological polar surface area (TPSA) is 41.6 Å². The minimum atomic E-state index is -0.113. The molecule has 29 heavy (non-hydrogen) atoms. The van der Waals surface area contributed by atoms with Gasteiger partial charge in [0.05, 0.1) is 6.04 Å². The van der Waals surface area contributed by atoms with Crippen molar-refractivity contribution < 1.29 is 9.53 Å². The first-order valence-electron chi connectivity index (χ1n) is 10.4. The Kier molecular flexibility index (Phi) is 7.57. The number of aryl methyl sites for hydroxylation is 1. The van der Waals surface area contributed by atoms with Crippen molar-refractivity contribution in [1.82, 2.24) is 10.2 Å². The van der Waals surface area contributed by atoms with Gasteiger partial charge >= 0.3 is 0 Å². The molecule has 1 aliphatic rings. The van der Waals surface area contributed by atoms with Crippen LogP contribution >= 0.6 is 11.6 Å². The summed E-state index contributed by atoms with van der Waals surface area (Å²) >= 11 is 6.45. The second-order valence-corrected chi connectivity index (χ2v) is 8.48. The number of rotatable bonds is 8. The molecule has 0 aliphatic carbocycles. The van der Waals surface area contributed by atoms with Gasteiger partial charge in [-0.1, -0.05) is 55.8 Å². The lowest BCUT2D eigenvalue weighted by molar-refractivity contribution is -0.123. The molecule has 1 aliphatic heterocycles. The maximum atomic E-state index is 12.5. The van der Waals surface area contributed by atoms with E-state index < -0.39 is 0 Å². The second-order valence-electron chi connectivity index (χ2n) is 8.07. The van der Waals surface area contributed by atoms with E-state index in [1.165, 1.54) is 12.8 Å². The van der Waals surface area contributed by atoms with E-state index in [2.05, 4.69) is 42.3 Å². The summed E-state index contributed by atoms with van der Waals surface area (Å²) < 4.78 is 5.88. The highest BCUT2D eigenvalue weighted by Gasteiger charge is 2.25. The van der Waals surface area contributed by atoms with Crippen LogP contribution in [0.2, 0.25) is 5.02 Å². The highest BCUT2D eigenvalue weighted by molar-refractivity contribution is 6.31. The zero-order chi connectivity index (χ0) is 20.8. The van der Waals surface area contributed by atoms with Crippen LogP contribution < -0.4 is 10.1 Å².